The minimum absolute atomic E-state index is 0.140. The topological polar surface area (TPSA) is 57.6 Å². The SMILES string of the molecule is CC1CCCC(O)(CN2C(=O)CC(C)(C)C2=O)C1. The van der Waals surface area contributed by atoms with Crippen LogP contribution in [-0.2, 0) is 9.59 Å². The Balaban J connectivity index is 2.09. The molecule has 0 aromatic carbocycles. The number of imide groups is 1. The Kier molecular flexibility index (Phi) is 3.26. The van der Waals surface area contributed by atoms with Gasteiger partial charge in [-0.3, -0.25) is 14.5 Å². The Morgan fingerprint density at radius 2 is 2.06 bits per heavy atom. The lowest BCUT2D eigenvalue weighted by Gasteiger charge is -2.37. The maximum Gasteiger partial charge on any atom is 0.235 e. The molecule has 1 heterocycles. The van der Waals surface area contributed by atoms with E-state index in [1.165, 1.54) is 4.90 Å². The van der Waals surface area contributed by atoms with Gasteiger partial charge in [0.1, 0.15) is 0 Å². The van der Waals surface area contributed by atoms with Crippen LogP contribution in [-0.4, -0.2) is 34.0 Å². The summed E-state index contributed by atoms with van der Waals surface area (Å²) in [4.78, 5) is 25.3. The molecule has 2 aliphatic rings. The highest BCUT2D eigenvalue weighted by Gasteiger charge is 2.47. The van der Waals surface area contributed by atoms with E-state index >= 15 is 0 Å². The molecule has 4 heteroatoms. The van der Waals surface area contributed by atoms with Crippen LogP contribution in [0.1, 0.15) is 52.9 Å². The number of nitrogens with zero attached hydrogens (tertiary/aromatic N) is 1. The lowest BCUT2D eigenvalue weighted by molar-refractivity contribution is -0.146. The van der Waals surface area contributed by atoms with Gasteiger partial charge < -0.3 is 5.11 Å². The molecule has 1 aliphatic heterocycles. The smallest absolute Gasteiger partial charge is 0.235 e. The monoisotopic (exact) mass is 253 g/mol. The fraction of sp³-hybridized carbons (Fsp3) is 0.857. The van der Waals surface area contributed by atoms with Crippen molar-refractivity contribution in [3.8, 4) is 0 Å². The van der Waals surface area contributed by atoms with Crippen LogP contribution in [0.25, 0.3) is 0 Å². The number of hydrogen-bond donors (Lipinski definition) is 1. The molecule has 0 radical (unpaired) electrons. The summed E-state index contributed by atoms with van der Waals surface area (Å²) in [5, 5.41) is 10.6. The van der Waals surface area contributed by atoms with E-state index in [4.69, 9.17) is 0 Å². The fourth-order valence-corrected chi connectivity index (χ4v) is 3.26. The van der Waals surface area contributed by atoms with Crippen molar-refractivity contribution in [3.63, 3.8) is 0 Å². The summed E-state index contributed by atoms with van der Waals surface area (Å²) in [5.74, 6) is 0.181. The second-order valence-corrected chi connectivity index (χ2v) is 6.77. The summed E-state index contributed by atoms with van der Waals surface area (Å²) in [6.45, 7) is 5.88. The molecule has 1 saturated heterocycles. The fourth-order valence-electron chi connectivity index (χ4n) is 3.26. The van der Waals surface area contributed by atoms with Crippen LogP contribution >= 0.6 is 0 Å². The Labute approximate surface area is 108 Å². The van der Waals surface area contributed by atoms with E-state index in [9.17, 15) is 14.7 Å². The van der Waals surface area contributed by atoms with E-state index in [0.29, 0.717) is 18.8 Å². The lowest BCUT2D eigenvalue weighted by Crippen LogP contribution is -2.48. The molecule has 1 aliphatic carbocycles. The Bertz CT molecular complexity index is 377. The minimum Gasteiger partial charge on any atom is -0.388 e. The number of aliphatic hydroxyl groups is 1. The molecule has 0 aromatic rings. The van der Waals surface area contributed by atoms with Crippen molar-refractivity contribution < 1.29 is 14.7 Å². The number of amides is 2. The van der Waals surface area contributed by atoms with Gasteiger partial charge in [0.25, 0.3) is 0 Å². The molecule has 0 spiro atoms. The molecule has 1 saturated carbocycles. The molecule has 2 atom stereocenters. The predicted octanol–water partition coefficient (Wildman–Crippen LogP) is 1.71. The van der Waals surface area contributed by atoms with Gasteiger partial charge in [-0.2, -0.15) is 0 Å². The number of likely N-dealkylation sites (tertiary alicyclic amines) is 1. The molecule has 18 heavy (non-hydrogen) atoms. The quantitative estimate of drug-likeness (QED) is 0.762. The Morgan fingerprint density at radius 3 is 2.56 bits per heavy atom. The molecule has 2 amide bonds. The first-order chi connectivity index (χ1) is 8.23. The predicted molar refractivity (Wildman–Crippen MR) is 67.7 cm³/mol. The summed E-state index contributed by atoms with van der Waals surface area (Å²) in [7, 11) is 0. The van der Waals surface area contributed by atoms with Gasteiger partial charge in [-0.1, -0.05) is 33.6 Å². The van der Waals surface area contributed by atoms with Crippen molar-refractivity contribution in [3.05, 3.63) is 0 Å². The van der Waals surface area contributed by atoms with Crippen molar-refractivity contribution >= 4 is 11.8 Å². The number of carbonyl (C=O) groups excluding carboxylic acids is 2. The maximum atomic E-state index is 12.1. The lowest BCUT2D eigenvalue weighted by atomic mass is 9.78. The van der Waals surface area contributed by atoms with E-state index < -0.39 is 11.0 Å². The summed E-state index contributed by atoms with van der Waals surface area (Å²) >= 11 is 0. The first kappa shape index (κ1) is 13.5. The van der Waals surface area contributed by atoms with Gasteiger partial charge in [-0.05, 0) is 18.8 Å². The van der Waals surface area contributed by atoms with Crippen molar-refractivity contribution in [1.29, 1.82) is 0 Å². The summed E-state index contributed by atoms with van der Waals surface area (Å²) < 4.78 is 0. The minimum atomic E-state index is -0.872. The van der Waals surface area contributed by atoms with E-state index in [1.54, 1.807) is 13.8 Å². The normalized spacial score (nSPS) is 36.2. The third kappa shape index (κ3) is 2.44. The van der Waals surface area contributed by atoms with Crippen LogP contribution in [0.5, 0.6) is 0 Å². The second kappa shape index (κ2) is 4.34. The number of rotatable bonds is 2. The molecule has 2 unspecified atom stereocenters. The molecule has 4 nitrogen and oxygen atoms in total. The molecular weight excluding hydrogens is 230 g/mol. The van der Waals surface area contributed by atoms with Gasteiger partial charge in [0.2, 0.25) is 11.8 Å². The molecule has 2 fully saturated rings. The van der Waals surface area contributed by atoms with E-state index in [-0.39, 0.29) is 24.8 Å². The van der Waals surface area contributed by atoms with Crippen LogP contribution in [0.15, 0.2) is 0 Å². The van der Waals surface area contributed by atoms with Crippen LogP contribution < -0.4 is 0 Å². The summed E-state index contributed by atoms with van der Waals surface area (Å²) in [6.07, 6.45) is 3.73. The van der Waals surface area contributed by atoms with Crippen molar-refractivity contribution in [2.75, 3.05) is 6.54 Å². The van der Waals surface area contributed by atoms with Gasteiger partial charge >= 0.3 is 0 Å². The zero-order valence-corrected chi connectivity index (χ0v) is 11.5. The molecule has 0 aromatic heterocycles. The van der Waals surface area contributed by atoms with Gasteiger partial charge in [-0.25, -0.2) is 0 Å². The third-order valence-corrected chi connectivity index (χ3v) is 4.24. The zero-order valence-electron chi connectivity index (χ0n) is 11.5. The van der Waals surface area contributed by atoms with Crippen LogP contribution in [0.2, 0.25) is 0 Å². The van der Waals surface area contributed by atoms with E-state index in [2.05, 4.69) is 6.92 Å². The van der Waals surface area contributed by atoms with Gasteiger partial charge in [0, 0.05) is 6.42 Å². The molecule has 2 rings (SSSR count). The average Bonchev–Trinajstić information content (AvgIpc) is 2.40. The van der Waals surface area contributed by atoms with Gasteiger partial charge in [0.15, 0.2) is 0 Å². The maximum absolute atomic E-state index is 12.1. The molecule has 102 valence electrons. The highest BCUT2D eigenvalue weighted by atomic mass is 16.3. The van der Waals surface area contributed by atoms with Crippen molar-refractivity contribution in [2.45, 2.75) is 58.5 Å². The first-order valence-corrected chi connectivity index (χ1v) is 6.81. The average molecular weight is 253 g/mol. The molecule has 1 N–H and O–H groups in total. The standard InChI is InChI=1S/C14H23NO3/c1-10-5-4-6-14(18,7-10)9-15-11(16)8-13(2,3)12(15)17/h10,18H,4-9H2,1-3H3. The van der Waals surface area contributed by atoms with Crippen LogP contribution in [0.4, 0.5) is 0 Å². The van der Waals surface area contributed by atoms with E-state index in [0.717, 1.165) is 12.8 Å². The highest BCUT2D eigenvalue weighted by Crippen LogP contribution is 2.37. The number of hydrogen-bond acceptors (Lipinski definition) is 3. The summed E-state index contributed by atoms with van der Waals surface area (Å²) in [6, 6.07) is 0. The highest BCUT2D eigenvalue weighted by molar-refractivity contribution is 6.05. The Hall–Kier alpha value is -0.900. The van der Waals surface area contributed by atoms with Gasteiger partial charge in [0.05, 0.1) is 17.6 Å². The third-order valence-electron chi connectivity index (χ3n) is 4.24. The largest absolute Gasteiger partial charge is 0.388 e. The van der Waals surface area contributed by atoms with E-state index in [1.807, 2.05) is 0 Å². The number of β-amino-alcohol motifs (C(OH)–C–C–N with tert-alkyl or cyclic N) is 1. The number of carbonyl (C=O) groups is 2. The van der Waals surface area contributed by atoms with Crippen molar-refractivity contribution in [1.82, 2.24) is 4.90 Å². The van der Waals surface area contributed by atoms with Crippen LogP contribution in [0, 0.1) is 11.3 Å². The second-order valence-electron chi connectivity index (χ2n) is 6.77. The van der Waals surface area contributed by atoms with Gasteiger partial charge in [-0.15, -0.1) is 0 Å². The zero-order chi connectivity index (χ0) is 13.6. The Morgan fingerprint density at radius 1 is 1.39 bits per heavy atom. The van der Waals surface area contributed by atoms with Crippen molar-refractivity contribution in [2.24, 2.45) is 11.3 Å². The molecule has 0 bridgehead atoms. The molecular formula is C14H23NO3. The first-order valence-electron chi connectivity index (χ1n) is 6.81. The van der Waals surface area contributed by atoms with Crippen LogP contribution in [0.3, 0.4) is 0 Å². The summed E-state index contributed by atoms with van der Waals surface area (Å²) in [5.41, 5.74) is -1.48.